The fourth-order valence-corrected chi connectivity index (χ4v) is 8.48. The molecule has 5 heteroatoms. The molecule has 7 atom stereocenters. The number of rotatable bonds is 6. The third-order valence-electron chi connectivity index (χ3n) is 10.4. The maximum absolute atomic E-state index is 11.1. The molecular formula is C32H42N2O3. The lowest BCUT2D eigenvalue weighted by molar-refractivity contribution is -0.0992. The number of aromatic nitrogens is 2. The predicted molar refractivity (Wildman–Crippen MR) is 146 cm³/mol. The number of ether oxygens (including phenoxy) is 1. The maximum Gasteiger partial charge on any atom is 0.119 e. The van der Waals surface area contributed by atoms with Gasteiger partial charge in [-0.05, 0) is 85.8 Å². The molecule has 0 amide bonds. The van der Waals surface area contributed by atoms with Gasteiger partial charge in [0, 0.05) is 30.8 Å². The number of hydrogen-bond donors (Lipinski definition) is 2. The minimum absolute atomic E-state index is 0.167. The number of nitrogens with zero attached hydrogens (tertiary/aromatic N) is 2. The third kappa shape index (κ3) is 4.59. The van der Waals surface area contributed by atoms with Crippen LogP contribution in [-0.4, -0.2) is 38.6 Å². The van der Waals surface area contributed by atoms with Gasteiger partial charge in [-0.25, -0.2) is 4.98 Å². The Kier molecular flexibility index (Phi) is 6.57. The molecular weight excluding hydrogens is 460 g/mol. The molecule has 0 bridgehead atoms. The zero-order chi connectivity index (χ0) is 25.6. The van der Waals surface area contributed by atoms with Crippen LogP contribution in [0.2, 0.25) is 0 Å². The summed E-state index contributed by atoms with van der Waals surface area (Å²) in [5.74, 6) is 2.74. The molecule has 5 nitrogen and oxygen atoms in total. The Hall–Kier alpha value is -2.37. The SMILES string of the molecule is C[C@]12CC[C@H]3[C@@H](CC=C4C[C@@H](O)C[C@@H](O)[C@@]43C)[C@@H]1C/C(=C\c1cccc(OCCCn3ccnc3)c1)C2. The van der Waals surface area contributed by atoms with Gasteiger partial charge in [-0.15, -0.1) is 0 Å². The standard InChI is InChI=1S/C32H42N2O3/c1-31-10-9-28-27(8-7-24-18-25(35)19-30(36)32(24,28)2)29(31)17-23(20-31)15-22-5-3-6-26(16-22)37-14-4-12-34-13-11-33-21-34/h3,5-7,11,13,15-16,21,25,27-30,35-36H,4,8-10,12,14,17-20H2,1-2H3/b23-15+/t25-,27-,28+,29+,30-,31-,32+/m1/s1. The average molecular weight is 503 g/mol. The van der Waals surface area contributed by atoms with Crippen LogP contribution in [0.1, 0.15) is 70.8 Å². The topological polar surface area (TPSA) is 67.5 Å². The number of aliphatic hydroxyl groups is 2. The van der Waals surface area contributed by atoms with E-state index in [1.807, 2.05) is 18.7 Å². The molecule has 0 spiro atoms. The highest BCUT2D eigenvalue weighted by atomic mass is 16.5. The van der Waals surface area contributed by atoms with Crippen molar-refractivity contribution >= 4 is 6.08 Å². The first kappa shape index (κ1) is 24.9. The molecule has 1 aromatic heterocycles. The molecule has 3 saturated carbocycles. The van der Waals surface area contributed by atoms with E-state index in [0.717, 1.165) is 38.0 Å². The second kappa shape index (κ2) is 9.74. The van der Waals surface area contributed by atoms with Gasteiger partial charge in [-0.3, -0.25) is 0 Å². The van der Waals surface area contributed by atoms with Gasteiger partial charge in [0.05, 0.1) is 25.1 Å². The van der Waals surface area contributed by atoms with Crippen LogP contribution in [0.15, 0.2) is 60.2 Å². The molecule has 4 aliphatic rings. The lowest BCUT2D eigenvalue weighted by Crippen LogP contribution is -2.54. The van der Waals surface area contributed by atoms with Gasteiger partial charge in [-0.1, -0.05) is 49.3 Å². The van der Waals surface area contributed by atoms with E-state index in [4.69, 9.17) is 4.74 Å². The summed E-state index contributed by atoms with van der Waals surface area (Å²) in [6, 6.07) is 8.53. The van der Waals surface area contributed by atoms with Crippen molar-refractivity contribution in [3.63, 3.8) is 0 Å². The van der Waals surface area contributed by atoms with E-state index < -0.39 is 12.2 Å². The fraction of sp³-hybridized carbons (Fsp3) is 0.594. The Morgan fingerprint density at radius 2 is 2.08 bits per heavy atom. The Labute approximate surface area is 221 Å². The van der Waals surface area contributed by atoms with E-state index in [1.165, 1.54) is 30.4 Å². The van der Waals surface area contributed by atoms with Crippen LogP contribution in [0.5, 0.6) is 5.75 Å². The van der Waals surface area contributed by atoms with Crippen LogP contribution in [0.25, 0.3) is 6.08 Å². The second-order valence-electron chi connectivity index (χ2n) is 12.7. The van der Waals surface area contributed by atoms with Crippen LogP contribution in [0.3, 0.4) is 0 Å². The summed E-state index contributed by atoms with van der Waals surface area (Å²) in [5.41, 5.74) is 4.29. The molecule has 37 heavy (non-hydrogen) atoms. The highest BCUT2D eigenvalue weighted by Crippen LogP contribution is 2.65. The molecule has 1 aromatic carbocycles. The number of hydrogen-bond acceptors (Lipinski definition) is 4. The van der Waals surface area contributed by atoms with Crippen LogP contribution < -0.4 is 4.74 Å². The van der Waals surface area contributed by atoms with Crippen molar-refractivity contribution in [2.45, 2.75) is 84.0 Å². The summed E-state index contributed by atoms with van der Waals surface area (Å²) in [6.45, 7) is 6.41. The molecule has 6 rings (SSSR count). The molecule has 0 radical (unpaired) electrons. The van der Waals surface area contributed by atoms with Gasteiger partial charge in [0.25, 0.3) is 0 Å². The minimum atomic E-state index is -0.432. The predicted octanol–water partition coefficient (Wildman–Crippen LogP) is 6.03. The van der Waals surface area contributed by atoms with E-state index >= 15 is 0 Å². The van der Waals surface area contributed by atoms with Crippen molar-refractivity contribution < 1.29 is 14.9 Å². The van der Waals surface area contributed by atoms with E-state index in [9.17, 15) is 10.2 Å². The molecule has 0 saturated heterocycles. The average Bonchev–Trinajstić information content (AvgIpc) is 3.50. The third-order valence-corrected chi connectivity index (χ3v) is 10.4. The van der Waals surface area contributed by atoms with Crippen molar-refractivity contribution in [3.05, 3.63) is 65.8 Å². The van der Waals surface area contributed by atoms with Crippen molar-refractivity contribution in [1.82, 2.24) is 9.55 Å². The van der Waals surface area contributed by atoms with Crippen molar-refractivity contribution in [1.29, 1.82) is 0 Å². The Morgan fingerprint density at radius 3 is 2.92 bits per heavy atom. The maximum atomic E-state index is 11.1. The molecule has 0 aliphatic heterocycles. The van der Waals surface area contributed by atoms with Gasteiger partial charge in [0.1, 0.15) is 5.75 Å². The Balaban J connectivity index is 1.15. The number of aryl methyl sites for hydroxylation is 1. The van der Waals surface area contributed by atoms with E-state index in [1.54, 1.807) is 5.57 Å². The van der Waals surface area contributed by atoms with Crippen molar-refractivity contribution in [2.24, 2.45) is 28.6 Å². The molecule has 2 aromatic rings. The fourth-order valence-electron chi connectivity index (χ4n) is 8.48. The summed E-state index contributed by atoms with van der Waals surface area (Å²) in [4.78, 5) is 4.09. The first-order valence-corrected chi connectivity index (χ1v) is 14.3. The van der Waals surface area contributed by atoms with E-state index in [2.05, 4.69) is 59.8 Å². The van der Waals surface area contributed by atoms with Crippen LogP contribution >= 0.6 is 0 Å². The minimum Gasteiger partial charge on any atom is -0.494 e. The molecule has 198 valence electrons. The second-order valence-corrected chi connectivity index (χ2v) is 12.7. The summed E-state index contributed by atoms with van der Waals surface area (Å²) in [7, 11) is 0. The normalized spacial score (nSPS) is 38.0. The van der Waals surface area contributed by atoms with Crippen LogP contribution in [0, 0.1) is 28.6 Å². The van der Waals surface area contributed by atoms with Gasteiger partial charge in [0.2, 0.25) is 0 Å². The first-order chi connectivity index (χ1) is 17.8. The molecule has 3 fully saturated rings. The molecule has 4 aliphatic carbocycles. The van der Waals surface area contributed by atoms with Crippen molar-refractivity contribution in [3.8, 4) is 5.75 Å². The molecule has 2 N–H and O–H groups in total. The zero-order valence-electron chi connectivity index (χ0n) is 22.4. The van der Waals surface area contributed by atoms with Crippen molar-refractivity contribution in [2.75, 3.05) is 6.61 Å². The summed E-state index contributed by atoms with van der Waals surface area (Å²) < 4.78 is 8.14. The van der Waals surface area contributed by atoms with Gasteiger partial charge < -0.3 is 19.5 Å². The summed E-state index contributed by atoms with van der Waals surface area (Å²) in [6.07, 6.45) is 17.7. The summed E-state index contributed by atoms with van der Waals surface area (Å²) >= 11 is 0. The summed E-state index contributed by atoms with van der Waals surface area (Å²) in [5, 5.41) is 21.4. The number of fused-ring (bicyclic) bond motifs is 5. The van der Waals surface area contributed by atoms with Gasteiger partial charge in [0.15, 0.2) is 0 Å². The number of aliphatic hydroxyl groups excluding tert-OH is 2. The van der Waals surface area contributed by atoms with Crippen LogP contribution in [0.4, 0.5) is 0 Å². The monoisotopic (exact) mass is 502 g/mol. The lowest BCUT2D eigenvalue weighted by atomic mass is 9.47. The molecule has 0 unspecified atom stereocenters. The van der Waals surface area contributed by atoms with E-state index in [0.29, 0.717) is 36.2 Å². The van der Waals surface area contributed by atoms with Crippen LogP contribution in [-0.2, 0) is 6.54 Å². The Morgan fingerprint density at radius 1 is 1.19 bits per heavy atom. The number of imidazole rings is 1. The zero-order valence-corrected chi connectivity index (χ0v) is 22.4. The number of benzene rings is 1. The Bertz CT molecular complexity index is 1170. The van der Waals surface area contributed by atoms with E-state index in [-0.39, 0.29) is 5.41 Å². The largest absolute Gasteiger partial charge is 0.494 e. The first-order valence-electron chi connectivity index (χ1n) is 14.3. The highest BCUT2D eigenvalue weighted by molar-refractivity contribution is 5.56. The van der Waals surface area contributed by atoms with Gasteiger partial charge in [-0.2, -0.15) is 0 Å². The smallest absolute Gasteiger partial charge is 0.119 e. The van der Waals surface area contributed by atoms with Gasteiger partial charge >= 0.3 is 0 Å². The highest BCUT2D eigenvalue weighted by Gasteiger charge is 2.58. The molecule has 1 heterocycles. The lowest BCUT2D eigenvalue weighted by Gasteiger charge is -2.58. The number of allylic oxidation sites excluding steroid dienone is 2. The quantitative estimate of drug-likeness (QED) is 0.374.